The summed E-state index contributed by atoms with van der Waals surface area (Å²) in [5, 5.41) is 5.62. The van der Waals surface area contributed by atoms with Crippen LogP contribution < -0.4 is 16.4 Å². The Morgan fingerprint density at radius 2 is 1.81 bits per heavy atom. The highest BCUT2D eigenvalue weighted by atomic mass is 16.2. The van der Waals surface area contributed by atoms with E-state index in [1.807, 2.05) is 44.2 Å². The topological polar surface area (TPSA) is 108 Å². The SMILES string of the molecule is CC(C)NC(=O)N1CNC(=O)C12CCN(C(=O)[C@@H](N)c1ccccc1)CC2. The average molecular weight is 373 g/mol. The summed E-state index contributed by atoms with van der Waals surface area (Å²) < 4.78 is 0. The van der Waals surface area contributed by atoms with E-state index < -0.39 is 11.6 Å². The Balaban J connectivity index is 1.68. The molecule has 2 fully saturated rings. The van der Waals surface area contributed by atoms with Crippen molar-refractivity contribution < 1.29 is 14.4 Å². The molecule has 2 aliphatic rings. The number of piperidine rings is 1. The third-order valence-electron chi connectivity index (χ3n) is 5.32. The minimum absolute atomic E-state index is 0.0178. The second-order valence-electron chi connectivity index (χ2n) is 7.44. The first-order valence-corrected chi connectivity index (χ1v) is 9.31. The van der Waals surface area contributed by atoms with Crippen molar-refractivity contribution in [1.29, 1.82) is 0 Å². The van der Waals surface area contributed by atoms with Crippen LogP contribution in [0.2, 0.25) is 0 Å². The van der Waals surface area contributed by atoms with Gasteiger partial charge >= 0.3 is 6.03 Å². The number of benzene rings is 1. The van der Waals surface area contributed by atoms with Gasteiger partial charge in [0.2, 0.25) is 11.8 Å². The Morgan fingerprint density at radius 3 is 2.41 bits per heavy atom. The fourth-order valence-corrected chi connectivity index (χ4v) is 3.77. The van der Waals surface area contributed by atoms with Gasteiger partial charge < -0.3 is 21.3 Å². The van der Waals surface area contributed by atoms with Gasteiger partial charge in [-0.15, -0.1) is 0 Å². The molecule has 0 aliphatic carbocycles. The van der Waals surface area contributed by atoms with Crippen molar-refractivity contribution in [3.05, 3.63) is 35.9 Å². The Bertz CT molecular complexity index is 713. The van der Waals surface area contributed by atoms with Gasteiger partial charge in [0.1, 0.15) is 11.6 Å². The van der Waals surface area contributed by atoms with Crippen LogP contribution in [-0.2, 0) is 9.59 Å². The van der Waals surface area contributed by atoms with Crippen molar-refractivity contribution >= 4 is 17.8 Å². The molecule has 0 aromatic heterocycles. The van der Waals surface area contributed by atoms with E-state index in [-0.39, 0.29) is 30.6 Å². The molecule has 0 unspecified atom stereocenters. The summed E-state index contributed by atoms with van der Waals surface area (Å²) in [5.74, 6) is -0.312. The number of nitrogens with zero attached hydrogens (tertiary/aromatic N) is 2. The van der Waals surface area contributed by atoms with Gasteiger partial charge in [0.15, 0.2) is 0 Å². The highest BCUT2D eigenvalue weighted by molar-refractivity contribution is 5.94. The third kappa shape index (κ3) is 3.62. The summed E-state index contributed by atoms with van der Waals surface area (Å²) in [6.45, 7) is 4.72. The number of rotatable bonds is 3. The fraction of sp³-hybridized carbons (Fsp3) is 0.526. The molecule has 1 spiro atoms. The van der Waals surface area contributed by atoms with E-state index in [0.717, 1.165) is 5.56 Å². The van der Waals surface area contributed by atoms with Crippen LogP contribution in [0.25, 0.3) is 0 Å². The molecule has 27 heavy (non-hydrogen) atoms. The van der Waals surface area contributed by atoms with Crippen molar-refractivity contribution in [2.75, 3.05) is 19.8 Å². The van der Waals surface area contributed by atoms with E-state index >= 15 is 0 Å². The van der Waals surface area contributed by atoms with Gasteiger partial charge in [-0.2, -0.15) is 0 Å². The maximum Gasteiger partial charge on any atom is 0.319 e. The number of nitrogens with one attached hydrogen (secondary N) is 2. The van der Waals surface area contributed by atoms with Gasteiger partial charge in [-0.1, -0.05) is 30.3 Å². The molecule has 1 aromatic rings. The van der Waals surface area contributed by atoms with Gasteiger partial charge in [0.25, 0.3) is 0 Å². The molecule has 2 aliphatic heterocycles. The number of carbonyl (C=O) groups excluding carboxylic acids is 3. The molecule has 3 rings (SSSR count). The quantitative estimate of drug-likeness (QED) is 0.719. The molecule has 1 aromatic carbocycles. The molecule has 4 amide bonds. The van der Waals surface area contributed by atoms with E-state index in [1.54, 1.807) is 9.80 Å². The second kappa shape index (κ2) is 7.56. The third-order valence-corrected chi connectivity index (χ3v) is 5.32. The minimum atomic E-state index is -0.896. The molecular weight excluding hydrogens is 346 g/mol. The number of hydrogen-bond donors (Lipinski definition) is 3. The molecule has 0 bridgehead atoms. The summed E-state index contributed by atoms with van der Waals surface area (Å²) in [7, 11) is 0. The largest absolute Gasteiger partial charge is 0.341 e. The monoisotopic (exact) mass is 373 g/mol. The summed E-state index contributed by atoms with van der Waals surface area (Å²) in [5.41, 5.74) is 5.99. The number of nitrogens with two attached hydrogens (primary N) is 1. The first kappa shape index (κ1) is 19.2. The van der Waals surface area contributed by atoms with Gasteiger partial charge in [0, 0.05) is 19.1 Å². The first-order chi connectivity index (χ1) is 12.8. The molecule has 146 valence electrons. The molecular formula is C19H27N5O3. The summed E-state index contributed by atoms with van der Waals surface area (Å²) in [6.07, 6.45) is 0.801. The Kier molecular flexibility index (Phi) is 5.36. The molecule has 4 N–H and O–H groups in total. The summed E-state index contributed by atoms with van der Waals surface area (Å²) in [6, 6.07) is 8.23. The number of amides is 4. The first-order valence-electron chi connectivity index (χ1n) is 9.31. The van der Waals surface area contributed by atoms with Gasteiger partial charge in [-0.3, -0.25) is 14.5 Å². The highest BCUT2D eigenvalue weighted by Gasteiger charge is 2.53. The van der Waals surface area contributed by atoms with Crippen molar-refractivity contribution in [2.45, 2.75) is 44.3 Å². The van der Waals surface area contributed by atoms with Crippen molar-refractivity contribution in [1.82, 2.24) is 20.4 Å². The molecule has 8 nitrogen and oxygen atoms in total. The van der Waals surface area contributed by atoms with E-state index in [0.29, 0.717) is 25.9 Å². The molecule has 0 saturated carbocycles. The van der Waals surface area contributed by atoms with Crippen molar-refractivity contribution in [3.8, 4) is 0 Å². The number of hydrogen-bond acceptors (Lipinski definition) is 4. The van der Waals surface area contributed by atoms with Crippen LogP contribution in [0.15, 0.2) is 30.3 Å². The van der Waals surface area contributed by atoms with Crippen molar-refractivity contribution in [3.63, 3.8) is 0 Å². The maximum atomic E-state index is 12.8. The van der Waals surface area contributed by atoms with Crippen LogP contribution >= 0.6 is 0 Å². The zero-order chi connectivity index (χ0) is 19.6. The zero-order valence-corrected chi connectivity index (χ0v) is 15.8. The van der Waals surface area contributed by atoms with E-state index in [4.69, 9.17) is 5.73 Å². The van der Waals surface area contributed by atoms with Gasteiger partial charge in [-0.25, -0.2) is 4.79 Å². The standard InChI is InChI=1S/C19H27N5O3/c1-13(2)22-18(27)24-12-21-17(26)19(24)8-10-23(11-9-19)16(25)15(20)14-6-4-3-5-7-14/h3-7,13,15H,8-12,20H2,1-2H3,(H,21,26)(H,22,27)/t15-/m0/s1. The molecule has 1 atom stereocenters. The number of likely N-dealkylation sites (tertiary alicyclic amines) is 1. The smallest absolute Gasteiger partial charge is 0.319 e. The van der Waals surface area contributed by atoms with E-state index in [1.165, 1.54) is 0 Å². The van der Waals surface area contributed by atoms with Crippen LogP contribution in [0.5, 0.6) is 0 Å². The fourth-order valence-electron chi connectivity index (χ4n) is 3.77. The Morgan fingerprint density at radius 1 is 1.19 bits per heavy atom. The lowest BCUT2D eigenvalue weighted by Crippen LogP contribution is -2.61. The summed E-state index contributed by atoms with van der Waals surface area (Å²) >= 11 is 0. The van der Waals surface area contributed by atoms with Crippen LogP contribution in [0.3, 0.4) is 0 Å². The lowest BCUT2D eigenvalue weighted by atomic mass is 9.86. The van der Waals surface area contributed by atoms with Crippen LogP contribution in [0.1, 0.15) is 38.3 Å². The van der Waals surface area contributed by atoms with Crippen LogP contribution in [0, 0.1) is 0 Å². The molecule has 2 saturated heterocycles. The lowest BCUT2D eigenvalue weighted by Gasteiger charge is -2.42. The zero-order valence-electron chi connectivity index (χ0n) is 15.8. The predicted molar refractivity (Wildman–Crippen MR) is 100 cm³/mol. The Labute approximate surface area is 159 Å². The van der Waals surface area contributed by atoms with Crippen LogP contribution in [0.4, 0.5) is 4.79 Å². The highest BCUT2D eigenvalue weighted by Crippen LogP contribution is 2.33. The average Bonchev–Trinajstić information content (AvgIpc) is 2.97. The molecule has 8 heteroatoms. The Hall–Kier alpha value is -2.61. The lowest BCUT2D eigenvalue weighted by molar-refractivity contribution is -0.138. The molecule has 0 radical (unpaired) electrons. The van der Waals surface area contributed by atoms with Gasteiger partial charge in [0.05, 0.1) is 6.67 Å². The maximum absolute atomic E-state index is 12.8. The normalized spacial score (nSPS) is 19.9. The van der Waals surface area contributed by atoms with Crippen LogP contribution in [-0.4, -0.2) is 59.0 Å². The second-order valence-corrected chi connectivity index (χ2v) is 7.44. The predicted octanol–water partition coefficient (Wildman–Crippen LogP) is 0.555. The number of urea groups is 1. The van der Waals surface area contributed by atoms with E-state index in [2.05, 4.69) is 10.6 Å². The minimum Gasteiger partial charge on any atom is -0.341 e. The van der Waals surface area contributed by atoms with Crippen molar-refractivity contribution in [2.24, 2.45) is 5.73 Å². The van der Waals surface area contributed by atoms with Gasteiger partial charge in [-0.05, 0) is 32.3 Å². The summed E-state index contributed by atoms with van der Waals surface area (Å²) in [4.78, 5) is 41.0. The molecule has 2 heterocycles. The van der Waals surface area contributed by atoms with E-state index in [9.17, 15) is 14.4 Å². The number of carbonyl (C=O) groups is 3.